The molecule has 0 saturated carbocycles. The average molecular weight is 836 g/mol. The fourth-order valence-electron chi connectivity index (χ4n) is 8.85. The number of benzene rings is 7. The van der Waals surface area contributed by atoms with E-state index in [0.29, 0.717) is 5.82 Å². The molecule has 4 heteroatoms. The summed E-state index contributed by atoms with van der Waals surface area (Å²) < 4.78 is 2.28. The molecule has 0 saturated heterocycles. The predicted octanol–water partition coefficient (Wildman–Crippen LogP) is 16.3. The Labute approximate surface area is 379 Å². The van der Waals surface area contributed by atoms with Gasteiger partial charge in [0, 0.05) is 22.9 Å². The van der Waals surface area contributed by atoms with Gasteiger partial charge in [-0.25, -0.2) is 4.98 Å². The van der Waals surface area contributed by atoms with Crippen molar-refractivity contribution in [3.8, 4) is 78.6 Å². The summed E-state index contributed by atoms with van der Waals surface area (Å²) in [5.41, 5.74) is 20.0. The van der Waals surface area contributed by atoms with Crippen molar-refractivity contribution in [2.75, 3.05) is 0 Å². The maximum Gasteiger partial charge on any atom is 0.149 e. The third kappa shape index (κ3) is 8.17. The highest BCUT2D eigenvalue weighted by atomic mass is 16.3. The number of fused-ring (bicyclic) bond motifs is 1. The van der Waals surface area contributed by atoms with Crippen LogP contribution in [0.25, 0.3) is 83.9 Å². The minimum atomic E-state index is 0.0306. The van der Waals surface area contributed by atoms with Gasteiger partial charge in [-0.3, -0.25) is 9.55 Å². The molecule has 0 radical (unpaired) electrons. The topological polar surface area (TPSA) is 50.9 Å². The molecule has 9 rings (SSSR count). The maximum atomic E-state index is 12.3. The van der Waals surface area contributed by atoms with Gasteiger partial charge in [-0.2, -0.15) is 0 Å². The zero-order valence-electron chi connectivity index (χ0n) is 38.5. The van der Waals surface area contributed by atoms with Crippen molar-refractivity contribution in [2.24, 2.45) is 0 Å². The molecule has 2 heterocycles. The van der Waals surface area contributed by atoms with Crippen molar-refractivity contribution in [2.45, 2.75) is 79.6 Å². The molecule has 0 spiro atoms. The Hall–Kier alpha value is -7.04. The molecule has 64 heavy (non-hydrogen) atoms. The van der Waals surface area contributed by atoms with Crippen LogP contribution in [0, 0.1) is 13.8 Å². The fourth-order valence-corrected chi connectivity index (χ4v) is 8.85. The molecular formula is C60H57N3O. The second kappa shape index (κ2) is 16.9. The number of nitrogens with zero attached hydrogens (tertiary/aromatic N) is 3. The van der Waals surface area contributed by atoms with E-state index < -0.39 is 0 Å². The molecule has 1 N–H and O–H groups in total. The Kier molecular flexibility index (Phi) is 11.2. The lowest BCUT2D eigenvalue weighted by atomic mass is 9.86. The molecular weight excluding hydrogens is 779 g/mol. The molecule has 7 aromatic carbocycles. The first-order chi connectivity index (χ1) is 30.7. The Morgan fingerprint density at radius 3 is 1.89 bits per heavy atom. The number of hydrogen-bond acceptors (Lipinski definition) is 3. The van der Waals surface area contributed by atoms with E-state index in [2.05, 4.69) is 225 Å². The molecule has 0 atom stereocenters. The molecule has 0 amide bonds. The predicted molar refractivity (Wildman–Crippen MR) is 269 cm³/mol. The number of para-hydroxylation sites is 1. The summed E-state index contributed by atoms with van der Waals surface area (Å²) >= 11 is 0. The minimum Gasteiger partial charge on any atom is -0.507 e. The Balaban J connectivity index is 1.33. The van der Waals surface area contributed by atoms with E-state index in [0.717, 1.165) is 89.2 Å². The summed E-state index contributed by atoms with van der Waals surface area (Å²) in [6.07, 6.45) is 1.91. The number of phenolic OH excluding ortho intramolecular Hbond substituents is 1. The SMILES string of the molecule is Cc1ccc(-c2ccnc(-c3cc(-c4ccccc4)cc(-c4cccc5c4nc(-c4cc(C(C)C)cc(C(C)C)c4O)n5-c4ccc(C)cc4-c4ccc(C(C)(C)C)cc4)c3)c2)cc1. The largest absolute Gasteiger partial charge is 0.507 e. The Morgan fingerprint density at radius 1 is 0.516 bits per heavy atom. The van der Waals surface area contributed by atoms with Crippen molar-refractivity contribution in [3.63, 3.8) is 0 Å². The normalized spacial score (nSPS) is 11.9. The van der Waals surface area contributed by atoms with Crippen LogP contribution in [0.15, 0.2) is 164 Å². The lowest BCUT2D eigenvalue weighted by Crippen LogP contribution is -2.10. The Bertz CT molecular complexity index is 3150. The van der Waals surface area contributed by atoms with Crippen LogP contribution in [0.5, 0.6) is 5.75 Å². The minimum absolute atomic E-state index is 0.0306. The zero-order valence-corrected chi connectivity index (χ0v) is 38.5. The molecule has 4 nitrogen and oxygen atoms in total. The van der Waals surface area contributed by atoms with Gasteiger partial charge in [-0.1, -0.05) is 163 Å². The van der Waals surface area contributed by atoms with Gasteiger partial charge in [-0.05, 0) is 136 Å². The molecule has 0 fully saturated rings. The molecule has 0 aliphatic rings. The van der Waals surface area contributed by atoms with Gasteiger partial charge in [0.05, 0.1) is 28.0 Å². The zero-order chi connectivity index (χ0) is 44.9. The number of aromatic nitrogens is 3. The van der Waals surface area contributed by atoms with Crippen LogP contribution in [-0.4, -0.2) is 19.6 Å². The van der Waals surface area contributed by atoms with Crippen molar-refractivity contribution in [3.05, 3.63) is 192 Å². The fraction of sp³-hybridized carbons (Fsp3) is 0.200. The molecule has 2 aromatic heterocycles. The van der Waals surface area contributed by atoms with Crippen LogP contribution in [0.1, 0.15) is 88.1 Å². The third-order valence-corrected chi connectivity index (χ3v) is 12.6. The van der Waals surface area contributed by atoms with E-state index in [4.69, 9.17) is 9.97 Å². The van der Waals surface area contributed by atoms with Gasteiger partial charge in [-0.15, -0.1) is 0 Å². The quantitative estimate of drug-likeness (QED) is 0.158. The number of phenols is 1. The van der Waals surface area contributed by atoms with Crippen LogP contribution < -0.4 is 0 Å². The van der Waals surface area contributed by atoms with Crippen LogP contribution in [0.2, 0.25) is 0 Å². The summed E-state index contributed by atoms with van der Waals surface area (Å²) in [7, 11) is 0. The number of aromatic hydroxyl groups is 1. The second-order valence-corrected chi connectivity index (χ2v) is 19.1. The Morgan fingerprint density at radius 2 is 1.19 bits per heavy atom. The first-order valence-corrected chi connectivity index (χ1v) is 22.6. The summed E-state index contributed by atoms with van der Waals surface area (Å²) in [4.78, 5) is 10.6. The van der Waals surface area contributed by atoms with Crippen LogP contribution >= 0.6 is 0 Å². The number of hydrogen-bond donors (Lipinski definition) is 1. The van der Waals surface area contributed by atoms with Gasteiger partial charge < -0.3 is 5.11 Å². The summed E-state index contributed by atoms with van der Waals surface area (Å²) in [6, 6.07) is 56.7. The smallest absolute Gasteiger partial charge is 0.149 e. The molecule has 318 valence electrons. The van der Waals surface area contributed by atoms with Gasteiger partial charge >= 0.3 is 0 Å². The monoisotopic (exact) mass is 835 g/mol. The van der Waals surface area contributed by atoms with E-state index in [1.165, 1.54) is 16.7 Å². The molecule has 9 aromatic rings. The van der Waals surface area contributed by atoms with E-state index in [1.807, 2.05) is 6.20 Å². The van der Waals surface area contributed by atoms with Crippen LogP contribution in [-0.2, 0) is 5.41 Å². The standard InChI is InChI=1S/C60H57N3O/c1-37(2)45-34-51(38(3)4)58(64)53(35-45)59-62-57-50(16-13-17-56(57)63(59)55-27-20-40(6)30-52(55)43-23-25-49(26-24-43)60(7,8)9)47-31-46(41-14-11-10-12-15-41)32-48(33-47)54-36-44(28-29-61-54)42-21-18-39(5)19-22-42/h10-38,64H,1-9H3. The van der Waals surface area contributed by atoms with Gasteiger partial charge in [0.1, 0.15) is 11.6 Å². The van der Waals surface area contributed by atoms with Crippen LogP contribution in [0.4, 0.5) is 0 Å². The maximum absolute atomic E-state index is 12.3. The van der Waals surface area contributed by atoms with E-state index in [-0.39, 0.29) is 23.0 Å². The summed E-state index contributed by atoms with van der Waals surface area (Å²) in [5.74, 6) is 1.33. The van der Waals surface area contributed by atoms with Crippen molar-refractivity contribution < 1.29 is 5.11 Å². The van der Waals surface area contributed by atoms with Crippen molar-refractivity contribution in [1.29, 1.82) is 0 Å². The van der Waals surface area contributed by atoms with Gasteiger partial charge in [0.2, 0.25) is 0 Å². The second-order valence-electron chi connectivity index (χ2n) is 19.1. The molecule has 0 aliphatic heterocycles. The van der Waals surface area contributed by atoms with E-state index in [9.17, 15) is 5.11 Å². The first kappa shape index (κ1) is 42.3. The summed E-state index contributed by atoms with van der Waals surface area (Å²) in [5, 5.41) is 12.3. The highest BCUT2D eigenvalue weighted by molar-refractivity contribution is 5.98. The molecule has 0 bridgehead atoms. The number of pyridine rings is 1. The lowest BCUT2D eigenvalue weighted by molar-refractivity contribution is 0.466. The highest BCUT2D eigenvalue weighted by Crippen LogP contribution is 2.44. The van der Waals surface area contributed by atoms with Crippen molar-refractivity contribution in [1.82, 2.24) is 14.5 Å². The lowest BCUT2D eigenvalue weighted by Gasteiger charge is -2.21. The van der Waals surface area contributed by atoms with Crippen molar-refractivity contribution >= 4 is 11.0 Å². The molecule has 0 aliphatic carbocycles. The van der Waals surface area contributed by atoms with E-state index >= 15 is 0 Å². The van der Waals surface area contributed by atoms with Crippen LogP contribution in [0.3, 0.4) is 0 Å². The summed E-state index contributed by atoms with van der Waals surface area (Å²) in [6.45, 7) is 19.7. The van der Waals surface area contributed by atoms with Gasteiger partial charge in [0.15, 0.2) is 0 Å². The third-order valence-electron chi connectivity index (χ3n) is 12.6. The average Bonchev–Trinajstić information content (AvgIpc) is 3.68. The van der Waals surface area contributed by atoms with E-state index in [1.54, 1.807) is 0 Å². The number of aryl methyl sites for hydroxylation is 2. The van der Waals surface area contributed by atoms with Gasteiger partial charge in [0.25, 0.3) is 0 Å². The number of rotatable bonds is 9. The molecule has 0 unspecified atom stereocenters. The highest BCUT2D eigenvalue weighted by Gasteiger charge is 2.25. The number of imidazole rings is 1. The first-order valence-electron chi connectivity index (χ1n) is 22.6.